The Morgan fingerprint density at radius 3 is 2.52 bits per heavy atom. The number of alkyl halides is 3. The lowest BCUT2D eigenvalue weighted by molar-refractivity contribution is -0.137. The molecule has 21 heavy (non-hydrogen) atoms. The van der Waals surface area contributed by atoms with Crippen molar-refractivity contribution in [2.75, 3.05) is 0 Å². The number of carbonyl (C=O) groups excluding carboxylic acids is 1. The first-order chi connectivity index (χ1) is 10.0. The summed E-state index contributed by atoms with van der Waals surface area (Å²) in [6, 6.07) is 12.0. The van der Waals surface area contributed by atoms with Gasteiger partial charge in [0.2, 0.25) is 0 Å². The third-order valence-corrected chi connectivity index (χ3v) is 3.33. The monoisotopic (exact) mass is 289 g/mol. The Bertz CT molecular complexity index is 818. The minimum absolute atomic E-state index is 0.338. The summed E-state index contributed by atoms with van der Waals surface area (Å²) in [6.45, 7) is 0. The van der Waals surface area contributed by atoms with Gasteiger partial charge in [0, 0.05) is 17.3 Å². The van der Waals surface area contributed by atoms with E-state index >= 15 is 0 Å². The van der Waals surface area contributed by atoms with Crippen molar-refractivity contribution < 1.29 is 18.0 Å². The summed E-state index contributed by atoms with van der Waals surface area (Å²) in [7, 11) is 0. The predicted molar refractivity (Wildman–Crippen MR) is 73.2 cm³/mol. The van der Waals surface area contributed by atoms with Crippen LogP contribution in [0.25, 0.3) is 16.6 Å². The molecule has 0 spiro atoms. The number of aromatic nitrogens is 1. The van der Waals surface area contributed by atoms with Crippen LogP contribution >= 0.6 is 0 Å². The molecule has 3 rings (SSSR count). The highest BCUT2D eigenvalue weighted by Gasteiger charge is 2.30. The van der Waals surface area contributed by atoms with E-state index in [2.05, 4.69) is 0 Å². The molecule has 0 atom stereocenters. The molecule has 2 aromatic heterocycles. The van der Waals surface area contributed by atoms with Crippen LogP contribution in [0, 0.1) is 0 Å². The average molecular weight is 289 g/mol. The first-order valence-corrected chi connectivity index (χ1v) is 6.23. The Balaban J connectivity index is 2.23. The lowest BCUT2D eigenvalue weighted by Crippen LogP contribution is -2.04. The number of rotatable bonds is 2. The van der Waals surface area contributed by atoms with Gasteiger partial charge in [0.25, 0.3) is 0 Å². The minimum Gasteiger partial charge on any atom is -0.314 e. The number of benzene rings is 1. The van der Waals surface area contributed by atoms with Crippen LogP contribution in [0.4, 0.5) is 13.2 Å². The molecule has 1 aromatic carbocycles. The van der Waals surface area contributed by atoms with Crippen LogP contribution < -0.4 is 0 Å². The van der Waals surface area contributed by atoms with Gasteiger partial charge in [-0.2, -0.15) is 13.2 Å². The molecule has 0 N–H and O–H groups in total. The average Bonchev–Trinajstić information content (AvgIpc) is 2.85. The van der Waals surface area contributed by atoms with Gasteiger partial charge >= 0.3 is 6.18 Å². The van der Waals surface area contributed by atoms with E-state index in [9.17, 15) is 18.0 Å². The maximum atomic E-state index is 12.8. The van der Waals surface area contributed by atoms with Crippen molar-refractivity contribution in [3.05, 3.63) is 66.0 Å². The zero-order valence-electron chi connectivity index (χ0n) is 10.8. The lowest BCUT2D eigenvalue weighted by Gasteiger charge is -2.08. The third kappa shape index (κ3) is 2.31. The van der Waals surface area contributed by atoms with Gasteiger partial charge in [-0.3, -0.25) is 4.79 Å². The molecular weight excluding hydrogens is 279 g/mol. The Hall–Kier alpha value is -2.56. The summed E-state index contributed by atoms with van der Waals surface area (Å²) in [4.78, 5) is 11.3. The Morgan fingerprint density at radius 2 is 1.81 bits per heavy atom. The topological polar surface area (TPSA) is 21.5 Å². The van der Waals surface area contributed by atoms with Gasteiger partial charge in [0.15, 0.2) is 6.29 Å². The molecule has 2 heterocycles. The summed E-state index contributed by atoms with van der Waals surface area (Å²) in [6.07, 6.45) is -2.05. The predicted octanol–water partition coefficient (Wildman–Crippen LogP) is 4.44. The van der Waals surface area contributed by atoms with E-state index in [1.54, 1.807) is 40.9 Å². The number of carbonyl (C=O) groups is 1. The van der Waals surface area contributed by atoms with Gasteiger partial charge in [-0.15, -0.1) is 0 Å². The molecule has 0 aliphatic heterocycles. The molecule has 0 unspecified atom stereocenters. The Morgan fingerprint density at radius 1 is 1.00 bits per heavy atom. The Kier molecular flexibility index (Phi) is 3.05. The lowest BCUT2D eigenvalue weighted by atomic mass is 10.0. The summed E-state index contributed by atoms with van der Waals surface area (Å²) >= 11 is 0. The highest BCUT2D eigenvalue weighted by atomic mass is 19.4. The molecule has 0 bridgehead atoms. The minimum atomic E-state index is -4.41. The molecule has 0 fully saturated rings. The number of hydrogen-bond acceptors (Lipinski definition) is 1. The van der Waals surface area contributed by atoms with Crippen molar-refractivity contribution >= 4 is 11.8 Å². The maximum Gasteiger partial charge on any atom is 0.416 e. The van der Waals surface area contributed by atoms with Gasteiger partial charge < -0.3 is 4.40 Å². The van der Waals surface area contributed by atoms with Crippen LogP contribution in [0.2, 0.25) is 0 Å². The quantitative estimate of drug-likeness (QED) is 0.639. The van der Waals surface area contributed by atoms with Crippen LogP contribution in [0.3, 0.4) is 0 Å². The van der Waals surface area contributed by atoms with E-state index in [-0.39, 0.29) is 0 Å². The van der Waals surface area contributed by atoms with Gasteiger partial charge in [-0.25, -0.2) is 0 Å². The molecule has 0 aliphatic rings. The maximum absolute atomic E-state index is 12.8. The second kappa shape index (κ2) is 4.77. The molecule has 2 nitrogen and oxygen atoms in total. The van der Waals surface area contributed by atoms with E-state index in [1.807, 2.05) is 0 Å². The van der Waals surface area contributed by atoms with Gasteiger partial charge in [0.05, 0.1) is 11.3 Å². The smallest absolute Gasteiger partial charge is 0.314 e. The number of halogens is 3. The van der Waals surface area contributed by atoms with E-state index in [4.69, 9.17) is 0 Å². The summed E-state index contributed by atoms with van der Waals surface area (Å²) in [5, 5.41) is 0. The van der Waals surface area contributed by atoms with Crippen LogP contribution in [-0.2, 0) is 6.18 Å². The summed E-state index contributed by atoms with van der Waals surface area (Å²) in [5.74, 6) is 0. The molecule has 0 saturated carbocycles. The number of pyridine rings is 1. The van der Waals surface area contributed by atoms with Crippen molar-refractivity contribution in [3.8, 4) is 11.1 Å². The fourth-order valence-corrected chi connectivity index (χ4v) is 2.36. The molecule has 0 aliphatic carbocycles. The zero-order valence-corrected chi connectivity index (χ0v) is 10.8. The van der Waals surface area contributed by atoms with Gasteiger partial charge in [-0.1, -0.05) is 18.2 Å². The highest BCUT2D eigenvalue weighted by Crippen LogP contribution is 2.33. The first kappa shape index (κ1) is 13.4. The third-order valence-electron chi connectivity index (χ3n) is 3.33. The molecule has 5 heteroatoms. The van der Waals surface area contributed by atoms with E-state index in [1.165, 1.54) is 6.07 Å². The highest BCUT2D eigenvalue weighted by molar-refractivity contribution is 5.89. The number of aldehydes is 1. The molecule has 0 amide bonds. The van der Waals surface area contributed by atoms with Crippen molar-refractivity contribution in [1.29, 1.82) is 0 Å². The van der Waals surface area contributed by atoms with Crippen LogP contribution in [0.5, 0.6) is 0 Å². The van der Waals surface area contributed by atoms with Crippen molar-refractivity contribution in [2.24, 2.45) is 0 Å². The standard InChI is InChI=1S/C16H10F3NO/c17-16(18,19)12-5-3-4-11(8-12)14-9-13-6-1-2-7-20(13)15(14)10-21/h1-10H. The van der Waals surface area contributed by atoms with Gasteiger partial charge in [0.1, 0.15) is 0 Å². The molecule has 106 valence electrons. The Labute approximate surface area is 118 Å². The summed E-state index contributed by atoms with van der Waals surface area (Å²) in [5.41, 5.74) is 1.22. The van der Waals surface area contributed by atoms with Crippen molar-refractivity contribution in [1.82, 2.24) is 4.40 Å². The number of nitrogens with zero attached hydrogens (tertiary/aromatic N) is 1. The molecule has 3 aromatic rings. The van der Waals surface area contributed by atoms with Gasteiger partial charge in [-0.05, 0) is 35.9 Å². The van der Waals surface area contributed by atoms with Crippen molar-refractivity contribution in [2.45, 2.75) is 6.18 Å². The van der Waals surface area contributed by atoms with Crippen LogP contribution in [-0.4, -0.2) is 10.7 Å². The van der Waals surface area contributed by atoms with Crippen LogP contribution in [0.15, 0.2) is 54.7 Å². The largest absolute Gasteiger partial charge is 0.416 e. The fourth-order valence-electron chi connectivity index (χ4n) is 2.36. The molecule has 0 saturated heterocycles. The van der Waals surface area contributed by atoms with E-state index in [0.29, 0.717) is 23.1 Å². The molecule has 0 radical (unpaired) electrons. The normalized spacial score (nSPS) is 11.8. The molecular formula is C16H10F3NO. The number of hydrogen-bond donors (Lipinski definition) is 0. The zero-order chi connectivity index (χ0) is 15.0. The summed E-state index contributed by atoms with van der Waals surface area (Å²) < 4.78 is 40.0. The van der Waals surface area contributed by atoms with Crippen molar-refractivity contribution in [3.63, 3.8) is 0 Å². The second-order valence-electron chi connectivity index (χ2n) is 4.64. The van der Waals surface area contributed by atoms with Crippen LogP contribution in [0.1, 0.15) is 16.1 Å². The number of fused-ring (bicyclic) bond motifs is 1. The van der Waals surface area contributed by atoms with E-state index in [0.717, 1.165) is 17.6 Å². The fraction of sp³-hybridized carbons (Fsp3) is 0.0625. The second-order valence-corrected chi connectivity index (χ2v) is 4.64. The van der Waals surface area contributed by atoms with E-state index < -0.39 is 11.7 Å². The SMILES string of the molecule is O=Cc1c(-c2cccc(C(F)(F)F)c2)cc2ccccn12. The first-order valence-electron chi connectivity index (χ1n) is 6.23.